The van der Waals surface area contributed by atoms with E-state index in [9.17, 15) is 4.79 Å². The third-order valence-corrected chi connectivity index (χ3v) is 3.22. The van der Waals surface area contributed by atoms with Gasteiger partial charge in [-0.2, -0.15) is 0 Å². The Kier molecular flexibility index (Phi) is 3.39. The molecule has 4 heteroatoms. The Hall–Kier alpha value is -2.33. The van der Waals surface area contributed by atoms with E-state index in [1.165, 1.54) is 0 Å². The summed E-state index contributed by atoms with van der Waals surface area (Å²) in [5.74, 6) is -0.0915. The monoisotopic (exact) mass is 269 g/mol. The minimum absolute atomic E-state index is 0.0266. The molecule has 0 fully saturated rings. The summed E-state index contributed by atoms with van der Waals surface area (Å²) < 4.78 is 5.73. The number of hydrogen-bond donors (Lipinski definition) is 2. The molecule has 0 aliphatic rings. The summed E-state index contributed by atoms with van der Waals surface area (Å²) >= 11 is 0. The molecule has 102 valence electrons. The number of aliphatic hydroxyl groups is 1. The molecule has 0 unspecified atom stereocenters. The van der Waals surface area contributed by atoms with Crippen LogP contribution in [0.1, 0.15) is 12.8 Å². The van der Waals surface area contributed by atoms with Gasteiger partial charge in [-0.1, -0.05) is 18.2 Å². The average Bonchev–Trinajstić information content (AvgIpc) is 2.83. The Balaban J connectivity index is 1.93. The first-order valence-corrected chi connectivity index (χ1v) is 6.60. The Bertz CT molecular complexity index is 761. The van der Waals surface area contributed by atoms with Gasteiger partial charge in [-0.3, -0.25) is 4.79 Å². The molecular weight excluding hydrogens is 254 g/mol. The zero-order valence-electron chi connectivity index (χ0n) is 10.9. The number of carbonyl (C=O) groups excluding carboxylic acids is 1. The fourth-order valence-electron chi connectivity index (χ4n) is 2.27. The molecule has 3 rings (SSSR count). The van der Waals surface area contributed by atoms with Crippen molar-refractivity contribution in [2.24, 2.45) is 0 Å². The molecule has 1 aromatic heterocycles. The zero-order chi connectivity index (χ0) is 13.9. The second kappa shape index (κ2) is 5.35. The second-order valence-electron chi connectivity index (χ2n) is 4.68. The Morgan fingerprint density at radius 1 is 1.10 bits per heavy atom. The van der Waals surface area contributed by atoms with Crippen LogP contribution in [0.3, 0.4) is 0 Å². The molecule has 0 spiro atoms. The van der Waals surface area contributed by atoms with Crippen molar-refractivity contribution < 1.29 is 14.3 Å². The number of fused-ring (bicyclic) bond motifs is 3. The largest absolute Gasteiger partial charge is 0.456 e. The Morgan fingerprint density at radius 3 is 2.75 bits per heavy atom. The van der Waals surface area contributed by atoms with Gasteiger partial charge in [-0.05, 0) is 30.7 Å². The number of hydrogen-bond acceptors (Lipinski definition) is 3. The van der Waals surface area contributed by atoms with E-state index in [1.807, 2.05) is 42.5 Å². The lowest BCUT2D eigenvalue weighted by Gasteiger charge is -2.04. The lowest BCUT2D eigenvalue weighted by molar-refractivity contribution is -0.116. The highest BCUT2D eigenvalue weighted by Gasteiger charge is 2.08. The van der Waals surface area contributed by atoms with Gasteiger partial charge in [0.15, 0.2) is 0 Å². The predicted octanol–water partition coefficient (Wildman–Crippen LogP) is 3.30. The lowest BCUT2D eigenvalue weighted by Crippen LogP contribution is -2.11. The topological polar surface area (TPSA) is 62.5 Å². The molecule has 0 aliphatic heterocycles. The van der Waals surface area contributed by atoms with Crippen molar-refractivity contribution in [3.8, 4) is 0 Å². The molecule has 0 atom stereocenters. The van der Waals surface area contributed by atoms with Crippen molar-refractivity contribution in [1.29, 1.82) is 0 Å². The van der Waals surface area contributed by atoms with Crippen molar-refractivity contribution in [2.45, 2.75) is 12.8 Å². The van der Waals surface area contributed by atoms with Crippen molar-refractivity contribution in [3.63, 3.8) is 0 Å². The minimum atomic E-state index is -0.0915. The van der Waals surface area contributed by atoms with Crippen LogP contribution in [0.15, 0.2) is 46.9 Å². The van der Waals surface area contributed by atoms with Gasteiger partial charge < -0.3 is 14.8 Å². The molecule has 0 bridgehead atoms. The quantitative estimate of drug-likeness (QED) is 0.764. The van der Waals surface area contributed by atoms with Gasteiger partial charge in [0.1, 0.15) is 11.2 Å². The number of nitrogens with one attached hydrogen (secondary N) is 1. The number of aliphatic hydroxyl groups excluding tert-OH is 1. The molecule has 0 aliphatic carbocycles. The van der Waals surface area contributed by atoms with Gasteiger partial charge in [0.05, 0.1) is 0 Å². The molecule has 3 aromatic rings. The highest BCUT2D eigenvalue weighted by atomic mass is 16.3. The van der Waals surface area contributed by atoms with Crippen molar-refractivity contribution >= 4 is 33.5 Å². The fraction of sp³-hybridized carbons (Fsp3) is 0.188. The van der Waals surface area contributed by atoms with Gasteiger partial charge in [-0.15, -0.1) is 0 Å². The van der Waals surface area contributed by atoms with E-state index in [1.54, 1.807) is 0 Å². The van der Waals surface area contributed by atoms with Gasteiger partial charge in [-0.25, -0.2) is 0 Å². The van der Waals surface area contributed by atoms with Crippen LogP contribution in [-0.4, -0.2) is 17.6 Å². The number of para-hydroxylation sites is 1. The summed E-state index contributed by atoms with van der Waals surface area (Å²) in [5, 5.41) is 13.6. The molecule has 4 nitrogen and oxygen atoms in total. The number of carbonyl (C=O) groups is 1. The number of rotatable bonds is 4. The predicted molar refractivity (Wildman–Crippen MR) is 78.7 cm³/mol. The van der Waals surface area contributed by atoms with E-state index in [2.05, 4.69) is 5.32 Å². The molecule has 2 aromatic carbocycles. The normalized spacial score (nSPS) is 11.1. The highest BCUT2D eigenvalue weighted by Crippen LogP contribution is 2.30. The SMILES string of the molecule is O=C(CCCO)Nc1ccc2oc3ccccc3c2c1. The van der Waals surface area contributed by atoms with Crippen LogP contribution in [0.5, 0.6) is 0 Å². The molecule has 1 amide bonds. The molecule has 1 heterocycles. The van der Waals surface area contributed by atoms with Crippen LogP contribution < -0.4 is 5.32 Å². The summed E-state index contributed by atoms with van der Waals surface area (Å²) in [6, 6.07) is 13.4. The van der Waals surface area contributed by atoms with Crippen LogP contribution in [0.4, 0.5) is 5.69 Å². The van der Waals surface area contributed by atoms with E-state index in [-0.39, 0.29) is 12.5 Å². The van der Waals surface area contributed by atoms with Crippen LogP contribution in [0.2, 0.25) is 0 Å². The maximum atomic E-state index is 11.7. The molecule has 2 N–H and O–H groups in total. The van der Waals surface area contributed by atoms with Crippen LogP contribution in [-0.2, 0) is 4.79 Å². The standard InChI is InChI=1S/C16H15NO3/c18-9-3-6-16(19)17-11-7-8-15-13(10-11)12-4-1-2-5-14(12)20-15/h1-2,4-5,7-8,10,18H,3,6,9H2,(H,17,19). The van der Waals surface area contributed by atoms with E-state index in [0.717, 1.165) is 27.6 Å². The third kappa shape index (κ3) is 2.38. The van der Waals surface area contributed by atoms with Crippen molar-refractivity contribution in [1.82, 2.24) is 0 Å². The lowest BCUT2D eigenvalue weighted by atomic mass is 10.1. The van der Waals surface area contributed by atoms with E-state index >= 15 is 0 Å². The summed E-state index contributed by atoms with van der Waals surface area (Å²) in [4.78, 5) is 11.7. The molecule has 20 heavy (non-hydrogen) atoms. The first-order chi connectivity index (χ1) is 9.78. The zero-order valence-corrected chi connectivity index (χ0v) is 10.9. The molecule has 0 saturated heterocycles. The number of amides is 1. The number of benzene rings is 2. The molecular formula is C16H15NO3. The molecule has 0 saturated carbocycles. The first-order valence-electron chi connectivity index (χ1n) is 6.60. The minimum Gasteiger partial charge on any atom is -0.456 e. The fourth-order valence-corrected chi connectivity index (χ4v) is 2.27. The van der Waals surface area contributed by atoms with Gasteiger partial charge in [0.2, 0.25) is 5.91 Å². The van der Waals surface area contributed by atoms with Crippen LogP contribution in [0, 0.1) is 0 Å². The highest BCUT2D eigenvalue weighted by molar-refractivity contribution is 6.06. The summed E-state index contributed by atoms with van der Waals surface area (Å²) in [6.07, 6.45) is 0.795. The number of anilines is 1. The van der Waals surface area contributed by atoms with E-state index in [4.69, 9.17) is 9.52 Å². The second-order valence-corrected chi connectivity index (χ2v) is 4.68. The molecule has 0 radical (unpaired) electrons. The number of furan rings is 1. The van der Waals surface area contributed by atoms with Crippen LogP contribution >= 0.6 is 0 Å². The average molecular weight is 269 g/mol. The van der Waals surface area contributed by atoms with E-state index in [0.29, 0.717) is 12.8 Å². The summed E-state index contributed by atoms with van der Waals surface area (Å²) in [7, 11) is 0. The summed E-state index contributed by atoms with van der Waals surface area (Å²) in [5.41, 5.74) is 2.39. The van der Waals surface area contributed by atoms with Gasteiger partial charge in [0.25, 0.3) is 0 Å². The van der Waals surface area contributed by atoms with Crippen LogP contribution in [0.25, 0.3) is 21.9 Å². The van der Waals surface area contributed by atoms with Crippen molar-refractivity contribution in [3.05, 3.63) is 42.5 Å². The smallest absolute Gasteiger partial charge is 0.224 e. The Morgan fingerprint density at radius 2 is 1.90 bits per heavy atom. The Labute approximate surface area is 116 Å². The maximum Gasteiger partial charge on any atom is 0.224 e. The maximum absolute atomic E-state index is 11.7. The van der Waals surface area contributed by atoms with E-state index < -0.39 is 0 Å². The summed E-state index contributed by atoms with van der Waals surface area (Å²) in [6.45, 7) is 0.0266. The van der Waals surface area contributed by atoms with Gasteiger partial charge >= 0.3 is 0 Å². The first kappa shape index (κ1) is 12.7. The van der Waals surface area contributed by atoms with Crippen molar-refractivity contribution in [2.75, 3.05) is 11.9 Å². The third-order valence-electron chi connectivity index (χ3n) is 3.22. The van der Waals surface area contributed by atoms with Gasteiger partial charge in [0, 0.05) is 29.5 Å².